The second-order valence-corrected chi connectivity index (χ2v) is 5.87. The van der Waals surface area contributed by atoms with E-state index in [1.165, 1.54) is 0 Å². The van der Waals surface area contributed by atoms with Crippen LogP contribution in [0.4, 0.5) is 5.82 Å². The number of aromatic nitrogens is 5. The lowest BCUT2D eigenvalue weighted by Crippen LogP contribution is -2.10. The molecule has 1 aromatic carbocycles. The first-order valence-corrected chi connectivity index (χ1v) is 8.18. The van der Waals surface area contributed by atoms with Gasteiger partial charge in [0.25, 0.3) is 0 Å². The zero-order valence-electron chi connectivity index (χ0n) is 13.8. The fraction of sp³-hybridized carbons (Fsp3) is 0.222. The van der Waals surface area contributed by atoms with Crippen molar-refractivity contribution < 1.29 is 5.11 Å². The SMILES string of the molecule is CC(c1ccc2ncccc2c1)c1nnc2ccc(NCCO)nn12. The molecule has 0 aliphatic rings. The van der Waals surface area contributed by atoms with Gasteiger partial charge in [0, 0.05) is 24.0 Å². The monoisotopic (exact) mass is 334 g/mol. The van der Waals surface area contributed by atoms with E-state index in [9.17, 15) is 0 Å². The van der Waals surface area contributed by atoms with Crippen molar-refractivity contribution in [2.45, 2.75) is 12.8 Å². The van der Waals surface area contributed by atoms with Crippen molar-refractivity contribution in [1.29, 1.82) is 0 Å². The van der Waals surface area contributed by atoms with Crippen LogP contribution < -0.4 is 5.32 Å². The van der Waals surface area contributed by atoms with Crippen molar-refractivity contribution >= 4 is 22.4 Å². The molecule has 0 aliphatic heterocycles. The van der Waals surface area contributed by atoms with Crippen LogP contribution in [-0.4, -0.2) is 43.1 Å². The Morgan fingerprint density at radius 2 is 2.08 bits per heavy atom. The van der Waals surface area contributed by atoms with Crippen LogP contribution in [0.25, 0.3) is 16.6 Å². The molecule has 1 atom stereocenters. The Balaban J connectivity index is 1.73. The highest BCUT2D eigenvalue weighted by atomic mass is 16.3. The Labute approximate surface area is 144 Å². The highest BCUT2D eigenvalue weighted by Gasteiger charge is 2.17. The summed E-state index contributed by atoms with van der Waals surface area (Å²) in [5, 5.41) is 26.2. The zero-order valence-corrected chi connectivity index (χ0v) is 13.8. The molecule has 0 radical (unpaired) electrons. The average molecular weight is 334 g/mol. The third kappa shape index (κ3) is 2.89. The van der Waals surface area contributed by atoms with Crippen LogP contribution in [0.5, 0.6) is 0 Å². The van der Waals surface area contributed by atoms with Gasteiger partial charge < -0.3 is 10.4 Å². The predicted octanol–water partition coefficient (Wildman–Crippen LogP) is 2.23. The van der Waals surface area contributed by atoms with E-state index in [0.717, 1.165) is 22.3 Å². The minimum atomic E-state index is 0.0280. The maximum atomic E-state index is 8.95. The van der Waals surface area contributed by atoms with Gasteiger partial charge in [-0.05, 0) is 35.9 Å². The highest BCUT2D eigenvalue weighted by molar-refractivity contribution is 5.79. The van der Waals surface area contributed by atoms with Crippen molar-refractivity contribution in [2.75, 3.05) is 18.5 Å². The smallest absolute Gasteiger partial charge is 0.178 e. The van der Waals surface area contributed by atoms with Gasteiger partial charge in [-0.25, -0.2) is 0 Å². The minimum absolute atomic E-state index is 0.0280. The van der Waals surface area contributed by atoms with Gasteiger partial charge in [0.1, 0.15) is 5.82 Å². The number of anilines is 1. The minimum Gasteiger partial charge on any atom is -0.395 e. The molecule has 4 aromatic rings. The van der Waals surface area contributed by atoms with Crippen LogP contribution in [0.1, 0.15) is 24.2 Å². The van der Waals surface area contributed by atoms with Crippen molar-refractivity contribution in [3.63, 3.8) is 0 Å². The average Bonchev–Trinajstić information content (AvgIpc) is 3.08. The summed E-state index contributed by atoms with van der Waals surface area (Å²) in [6.45, 7) is 2.59. The fourth-order valence-corrected chi connectivity index (χ4v) is 2.87. The van der Waals surface area contributed by atoms with Crippen LogP contribution in [0, 0.1) is 0 Å². The summed E-state index contributed by atoms with van der Waals surface area (Å²) in [4.78, 5) is 4.36. The summed E-state index contributed by atoms with van der Waals surface area (Å²) in [7, 11) is 0. The third-order valence-electron chi connectivity index (χ3n) is 4.22. The first kappa shape index (κ1) is 15.5. The molecule has 0 bridgehead atoms. The summed E-state index contributed by atoms with van der Waals surface area (Å²) in [5.74, 6) is 1.48. The van der Waals surface area contributed by atoms with Crippen LogP contribution in [0.2, 0.25) is 0 Å². The van der Waals surface area contributed by atoms with E-state index in [2.05, 4.69) is 50.7 Å². The van der Waals surface area contributed by atoms with Crippen LogP contribution >= 0.6 is 0 Å². The molecule has 0 fully saturated rings. The number of benzene rings is 1. The summed E-state index contributed by atoms with van der Waals surface area (Å²) in [6.07, 6.45) is 1.79. The molecule has 2 N–H and O–H groups in total. The number of hydrogen-bond donors (Lipinski definition) is 2. The molecule has 1 unspecified atom stereocenters. The van der Waals surface area contributed by atoms with E-state index < -0.39 is 0 Å². The van der Waals surface area contributed by atoms with Crippen molar-refractivity contribution in [2.24, 2.45) is 0 Å². The molecule has 4 rings (SSSR count). The number of fused-ring (bicyclic) bond motifs is 2. The van der Waals surface area contributed by atoms with Crippen molar-refractivity contribution in [3.8, 4) is 0 Å². The molecule has 7 heteroatoms. The normalized spacial score (nSPS) is 12.6. The van der Waals surface area contributed by atoms with Gasteiger partial charge in [0.15, 0.2) is 11.5 Å². The number of aliphatic hydroxyl groups excluding tert-OH is 1. The van der Waals surface area contributed by atoms with E-state index in [1.807, 2.05) is 24.3 Å². The maximum absolute atomic E-state index is 8.95. The van der Waals surface area contributed by atoms with E-state index in [0.29, 0.717) is 18.0 Å². The van der Waals surface area contributed by atoms with E-state index >= 15 is 0 Å². The fourth-order valence-electron chi connectivity index (χ4n) is 2.87. The molecular weight excluding hydrogens is 316 g/mol. The van der Waals surface area contributed by atoms with Gasteiger partial charge in [-0.2, -0.15) is 4.52 Å². The van der Waals surface area contributed by atoms with Gasteiger partial charge in [0.2, 0.25) is 0 Å². The van der Waals surface area contributed by atoms with Gasteiger partial charge >= 0.3 is 0 Å². The van der Waals surface area contributed by atoms with Gasteiger partial charge in [0.05, 0.1) is 12.1 Å². The summed E-state index contributed by atoms with van der Waals surface area (Å²) >= 11 is 0. The molecule has 25 heavy (non-hydrogen) atoms. The van der Waals surface area contributed by atoms with Gasteiger partial charge in [-0.1, -0.05) is 19.1 Å². The zero-order chi connectivity index (χ0) is 17.2. The number of pyridine rings is 1. The summed E-state index contributed by atoms with van der Waals surface area (Å²) < 4.78 is 1.75. The highest BCUT2D eigenvalue weighted by Crippen LogP contribution is 2.25. The van der Waals surface area contributed by atoms with Crippen molar-refractivity contribution in [1.82, 2.24) is 24.8 Å². The first-order chi connectivity index (χ1) is 12.3. The molecule has 0 saturated carbocycles. The third-order valence-corrected chi connectivity index (χ3v) is 4.22. The quantitative estimate of drug-likeness (QED) is 0.582. The second-order valence-electron chi connectivity index (χ2n) is 5.87. The molecule has 0 aliphatic carbocycles. The largest absolute Gasteiger partial charge is 0.395 e. The lowest BCUT2D eigenvalue weighted by Gasteiger charge is -2.11. The number of aliphatic hydroxyl groups is 1. The topological polar surface area (TPSA) is 88.2 Å². The Hall–Kier alpha value is -3.06. The summed E-state index contributed by atoms with van der Waals surface area (Å²) in [6, 6.07) is 13.9. The lowest BCUT2D eigenvalue weighted by atomic mass is 9.98. The molecule has 3 heterocycles. The Morgan fingerprint density at radius 1 is 1.16 bits per heavy atom. The van der Waals surface area contributed by atoms with Crippen LogP contribution in [0.15, 0.2) is 48.7 Å². The predicted molar refractivity (Wildman–Crippen MR) is 95.6 cm³/mol. The van der Waals surface area contributed by atoms with Crippen molar-refractivity contribution in [3.05, 3.63) is 60.0 Å². The molecule has 7 nitrogen and oxygen atoms in total. The molecular formula is C18H18N6O. The number of nitrogens with one attached hydrogen (secondary N) is 1. The lowest BCUT2D eigenvalue weighted by molar-refractivity contribution is 0.311. The van der Waals surface area contributed by atoms with Gasteiger partial charge in [-0.15, -0.1) is 15.3 Å². The molecule has 0 saturated heterocycles. The Morgan fingerprint density at radius 3 is 2.96 bits per heavy atom. The Kier molecular flexibility index (Phi) is 3.99. The molecule has 126 valence electrons. The number of hydrogen-bond acceptors (Lipinski definition) is 6. The summed E-state index contributed by atoms with van der Waals surface area (Å²) in [5.41, 5.74) is 2.79. The van der Waals surface area contributed by atoms with E-state index in [4.69, 9.17) is 5.11 Å². The number of rotatable bonds is 5. The van der Waals surface area contributed by atoms with Crippen LogP contribution in [0.3, 0.4) is 0 Å². The number of nitrogens with zero attached hydrogens (tertiary/aromatic N) is 5. The van der Waals surface area contributed by atoms with E-state index in [1.54, 1.807) is 10.7 Å². The van der Waals surface area contributed by atoms with Crippen LogP contribution in [-0.2, 0) is 0 Å². The molecule has 0 amide bonds. The molecule has 3 aromatic heterocycles. The standard InChI is InChI=1S/C18H18N6O/c1-12(13-4-5-15-14(11-13)3-2-8-19-15)18-22-21-17-7-6-16(20-9-10-25)23-24(17)18/h2-8,11-12,25H,9-10H2,1H3,(H,20,23). The van der Waals surface area contributed by atoms with E-state index in [-0.39, 0.29) is 12.5 Å². The second kappa shape index (κ2) is 6.45. The molecule has 0 spiro atoms. The first-order valence-electron chi connectivity index (χ1n) is 8.18. The maximum Gasteiger partial charge on any atom is 0.178 e. The Bertz CT molecular complexity index is 1030. The van der Waals surface area contributed by atoms with Gasteiger partial charge in [-0.3, -0.25) is 4.98 Å².